The summed E-state index contributed by atoms with van der Waals surface area (Å²) in [5, 5.41) is 3.12. The molecule has 0 radical (unpaired) electrons. The first-order valence-electron chi connectivity index (χ1n) is 4.66. The van der Waals surface area contributed by atoms with Crippen LogP contribution in [0.4, 0.5) is 0 Å². The van der Waals surface area contributed by atoms with Crippen LogP contribution in [0.2, 0.25) is 0 Å². The lowest BCUT2D eigenvalue weighted by atomic mass is 9.86. The number of hydrogen-bond acceptors (Lipinski definition) is 3. The zero-order valence-electron chi connectivity index (χ0n) is 8.67. The van der Waals surface area contributed by atoms with E-state index in [9.17, 15) is 0 Å². The fraction of sp³-hybridized carbons (Fsp3) is 1.00. The van der Waals surface area contributed by atoms with E-state index in [0.29, 0.717) is 11.8 Å². The molecule has 0 aliphatic rings. The maximum absolute atomic E-state index is 6.03. The molecule has 0 saturated carbocycles. The van der Waals surface area contributed by atoms with Gasteiger partial charge >= 0.3 is 0 Å². The molecule has 0 aromatic heterocycles. The third-order valence-corrected chi connectivity index (χ3v) is 2.38. The summed E-state index contributed by atoms with van der Waals surface area (Å²) in [4.78, 5) is 0. The standard InChI is InChI=1S/C9H23N3/c1-6(2)9(11)8(5-12-4)7(3)10/h6-9,12H,5,10-11H2,1-4H3/t7?,8?,9-/m0/s1. The summed E-state index contributed by atoms with van der Waals surface area (Å²) < 4.78 is 0. The first kappa shape index (κ1) is 11.9. The third kappa shape index (κ3) is 3.52. The molecule has 0 aliphatic heterocycles. The van der Waals surface area contributed by atoms with Gasteiger partial charge in [-0.05, 0) is 19.9 Å². The van der Waals surface area contributed by atoms with Crippen LogP contribution in [0, 0.1) is 11.8 Å². The summed E-state index contributed by atoms with van der Waals surface area (Å²) in [6.45, 7) is 7.19. The molecule has 0 spiro atoms. The molecular formula is C9H23N3. The number of nitrogens with two attached hydrogens (primary N) is 2. The average Bonchev–Trinajstić information content (AvgIpc) is 1.98. The number of nitrogens with one attached hydrogen (secondary N) is 1. The molecule has 2 unspecified atom stereocenters. The highest BCUT2D eigenvalue weighted by atomic mass is 14.9. The van der Waals surface area contributed by atoms with Crippen LogP contribution < -0.4 is 16.8 Å². The van der Waals surface area contributed by atoms with Crippen molar-refractivity contribution >= 4 is 0 Å². The SMILES string of the molecule is CNCC(C(C)N)[C@@H](N)C(C)C. The van der Waals surface area contributed by atoms with Gasteiger partial charge < -0.3 is 16.8 Å². The van der Waals surface area contributed by atoms with Gasteiger partial charge in [0.2, 0.25) is 0 Å². The van der Waals surface area contributed by atoms with Crippen molar-refractivity contribution in [1.82, 2.24) is 5.32 Å². The maximum Gasteiger partial charge on any atom is 0.0117 e. The minimum Gasteiger partial charge on any atom is -0.328 e. The summed E-state index contributed by atoms with van der Waals surface area (Å²) in [5.41, 5.74) is 11.9. The van der Waals surface area contributed by atoms with Gasteiger partial charge in [0.25, 0.3) is 0 Å². The Hall–Kier alpha value is -0.120. The van der Waals surface area contributed by atoms with Gasteiger partial charge in [0.05, 0.1) is 0 Å². The van der Waals surface area contributed by atoms with Crippen LogP contribution in [-0.2, 0) is 0 Å². The molecule has 74 valence electrons. The van der Waals surface area contributed by atoms with Gasteiger partial charge in [-0.2, -0.15) is 0 Å². The van der Waals surface area contributed by atoms with Gasteiger partial charge in [0, 0.05) is 24.5 Å². The van der Waals surface area contributed by atoms with E-state index >= 15 is 0 Å². The molecule has 0 rings (SSSR count). The first-order valence-corrected chi connectivity index (χ1v) is 4.66. The monoisotopic (exact) mass is 173 g/mol. The number of rotatable bonds is 5. The predicted molar refractivity (Wildman–Crippen MR) is 53.9 cm³/mol. The van der Waals surface area contributed by atoms with E-state index < -0.39 is 0 Å². The van der Waals surface area contributed by atoms with Crippen molar-refractivity contribution in [1.29, 1.82) is 0 Å². The topological polar surface area (TPSA) is 64.1 Å². The Balaban J connectivity index is 4.09. The smallest absolute Gasteiger partial charge is 0.0117 e. The van der Waals surface area contributed by atoms with Crippen molar-refractivity contribution in [2.24, 2.45) is 23.3 Å². The van der Waals surface area contributed by atoms with Crippen molar-refractivity contribution in [3.05, 3.63) is 0 Å². The minimum atomic E-state index is 0.162. The highest BCUT2D eigenvalue weighted by molar-refractivity contribution is 4.82. The lowest BCUT2D eigenvalue weighted by Gasteiger charge is -2.29. The fourth-order valence-electron chi connectivity index (χ4n) is 1.40. The molecule has 0 saturated heterocycles. The van der Waals surface area contributed by atoms with E-state index in [4.69, 9.17) is 11.5 Å². The Morgan fingerprint density at radius 3 is 1.92 bits per heavy atom. The van der Waals surface area contributed by atoms with Crippen LogP contribution in [-0.4, -0.2) is 25.7 Å². The van der Waals surface area contributed by atoms with Gasteiger partial charge in [-0.15, -0.1) is 0 Å². The first-order chi connectivity index (χ1) is 5.50. The van der Waals surface area contributed by atoms with Crippen LogP contribution >= 0.6 is 0 Å². The molecule has 0 aliphatic carbocycles. The molecule has 0 aromatic rings. The van der Waals surface area contributed by atoms with Gasteiger partial charge in [0.1, 0.15) is 0 Å². The summed E-state index contributed by atoms with van der Waals surface area (Å²) in [5.74, 6) is 0.865. The minimum absolute atomic E-state index is 0.162. The molecular weight excluding hydrogens is 150 g/mol. The third-order valence-electron chi connectivity index (χ3n) is 2.38. The van der Waals surface area contributed by atoms with Gasteiger partial charge in [0.15, 0.2) is 0 Å². The molecule has 3 heteroatoms. The second-order valence-electron chi connectivity index (χ2n) is 3.90. The Bertz CT molecular complexity index is 112. The fourth-order valence-corrected chi connectivity index (χ4v) is 1.40. The van der Waals surface area contributed by atoms with E-state index in [0.717, 1.165) is 6.54 Å². The lowest BCUT2D eigenvalue weighted by molar-refractivity contribution is 0.297. The summed E-state index contributed by atoms with van der Waals surface area (Å²) in [6.07, 6.45) is 0. The van der Waals surface area contributed by atoms with Crippen molar-refractivity contribution in [3.63, 3.8) is 0 Å². The van der Waals surface area contributed by atoms with Gasteiger partial charge in [-0.25, -0.2) is 0 Å². The van der Waals surface area contributed by atoms with Crippen LogP contribution in [0.15, 0.2) is 0 Å². The molecule has 3 atom stereocenters. The molecule has 5 N–H and O–H groups in total. The van der Waals surface area contributed by atoms with Crippen LogP contribution in [0.25, 0.3) is 0 Å². The predicted octanol–water partition coefficient (Wildman–Crippen LogP) is 0.153. The molecule has 0 heterocycles. The van der Waals surface area contributed by atoms with E-state index in [1.807, 2.05) is 14.0 Å². The zero-order valence-corrected chi connectivity index (χ0v) is 8.67. The van der Waals surface area contributed by atoms with E-state index in [1.54, 1.807) is 0 Å². The van der Waals surface area contributed by atoms with Crippen molar-refractivity contribution in [2.45, 2.75) is 32.9 Å². The van der Waals surface area contributed by atoms with E-state index in [-0.39, 0.29) is 12.1 Å². The Morgan fingerprint density at radius 1 is 1.17 bits per heavy atom. The normalized spacial score (nSPS) is 19.2. The Labute approximate surface area is 75.9 Å². The van der Waals surface area contributed by atoms with Crippen LogP contribution in [0.5, 0.6) is 0 Å². The van der Waals surface area contributed by atoms with Crippen molar-refractivity contribution < 1.29 is 0 Å². The highest BCUT2D eigenvalue weighted by Gasteiger charge is 2.23. The summed E-state index contributed by atoms with van der Waals surface area (Å²) in [7, 11) is 1.93. The van der Waals surface area contributed by atoms with E-state index in [1.165, 1.54) is 0 Å². The van der Waals surface area contributed by atoms with Crippen molar-refractivity contribution in [3.8, 4) is 0 Å². The molecule has 0 fully saturated rings. The van der Waals surface area contributed by atoms with E-state index in [2.05, 4.69) is 19.2 Å². The second kappa shape index (κ2) is 5.51. The lowest BCUT2D eigenvalue weighted by Crippen LogP contribution is -2.48. The summed E-state index contributed by atoms with van der Waals surface area (Å²) in [6, 6.07) is 0.354. The largest absolute Gasteiger partial charge is 0.328 e. The van der Waals surface area contributed by atoms with Gasteiger partial charge in [-0.1, -0.05) is 13.8 Å². The van der Waals surface area contributed by atoms with Gasteiger partial charge in [-0.3, -0.25) is 0 Å². The quantitative estimate of drug-likeness (QED) is 0.554. The van der Waals surface area contributed by atoms with Crippen molar-refractivity contribution in [2.75, 3.05) is 13.6 Å². The molecule has 0 aromatic carbocycles. The highest BCUT2D eigenvalue weighted by Crippen LogP contribution is 2.12. The second-order valence-corrected chi connectivity index (χ2v) is 3.90. The Morgan fingerprint density at radius 2 is 1.67 bits per heavy atom. The molecule has 0 amide bonds. The molecule has 12 heavy (non-hydrogen) atoms. The molecule has 0 bridgehead atoms. The van der Waals surface area contributed by atoms with Crippen LogP contribution in [0.1, 0.15) is 20.8 Å². The number of hydrogen-bond donors (Lipinski definition) is 3. The average molecular weight is 173 g/mol. The summed E-state index contributed by atoms with van der Waals surface area (Å²) >= 11 is 0. The Kier molecular flexibility index (Phi) is 5.46. The molecule has 3 nitrogen and oxygen atoms in total. The maximum atomic E-state index is 6.03. The zero-order chi connectivity index (χ0) is 9.72. The van der Waals surface area contributed by atoms with Crippen LogP contribution in [0.3, 0.4) is 0 Å².